The zero-order chi connectivity index (χ0) is 12.6. The molecule has 0 aliphatic rings. The number of halogens is 2. The Morgan fingerprint density at radius 2 is 1.76 bits per heavy atom. The highest BCUT2D eigenvalue weighted by molar-refractivity contribution is 5.63. The minimum atomic E-state index is -0.581. The van der Waals surface area contributed by atoms with Crippen molar-refractivity contribution >= 4 is 0 Å². The Balaban J connectivity index is 2.61. The summed E-state index contributed by atoms with van der Waals surface area (Å²) < 4.78 is 29.0. The second-order valence-corrected chi connectivity index (χ2v) is 4.33. The van der Waals surface area contributed by atoms with Crippen LogP contribution >= 0.6 is 0 Å². The van der Waals surface area contributed by atoms with Crippen LogP contribution in [0, 0.1) is 18.6 Å². The Morgan fingerprint density at radius 3 is 2.24 bits per heavy atom. The summed E-state index contributed by atoms with van der Waals surface area (Å²) in [5.41, 5.74) is 1.08. The predicted octanol–water partition coefficient (Wildman–Crippen LogP) is 3.72. The number of benzene rings is 1. The lowest BCUT2D eigenvalue weighted by Gasteiger charge is -2.04. The molecule has 0 spiro atoms. The first-order valence-electron chi connectivity index (χ1n) is 5.51. The first-order valence-corrected chi connectivity index (χ1v) is 5.51. The summed E-state index contributed by atoms with van der Waals surface area (Å²) in [6.07, 6.45) is 1.80. The van der Waals surface area contributed by atoms with Gasteiger partial charge in [-0.25, -0.2) is 8.78 Å². The first-order chi connectivity index (χ1) is 8.00. The minimum Gasteiger partial charge on any atom is -0.269 e. The molecule has 0 radical (unpaired) electrons. The van der Waals surface area contributed by atoms with Crippen LogP contribution in [0.4, 0.5) is 8.78 Å². The van der Waals surface area contributed by atoms with Crippen LogP contribution in [0.1, 0.15) is 25.5 Å². The maximum absolute atomic E-state index is 13.6. The van der Waals surface area contributed by atoms with Crippen LogP contribution < -0.4 is 0 Å². The van der Waals surface area contributed by atoms with Gasteiger partial charge in [-0.2, -0.15) is 5.10 Å². The number of hydrogen-bond donors (Lipinski definition) is 0. The van der Waals surface area contributed by atoms with Gasteiger partial charge in [0.25, 0.3) is 0 Å². The van der Waals surface area contributed by atoms with Crippen molar-refractivity contribution in [3.8, 4) is 11.3 Å². The molecule has 0 bridgehead atoms. The summed E-state index contributed by atoms with van der Waals surface area (Å²) >= 11 is 0. The lowest BCUT2D eigenvalue weighted by atomic mass is 10.1. The van der Waals surface area contributed by atoms with Crippen molar-refractivity contribution in [3.05, 3.63) is 41.6 Å². The van der Waals surface area contributed by atoms with E-state index >= 15 is 0 Å². The summed E-state index contributed by atoms with van der Waals surface area (Å²) in [7, 11) is 0. The maximum Gasteiger partial charge on any atom is 0.135 e. The van der Waals surface area contributed by atoms with E-state index in [9.17, 15) is 8.78 Å². The van der Waals surface area contributed by atoms with E-state index in [0.717, 1.165) is 5.56 Å². The molecule has 2 nitrogen and oxygen atoms in total. The van der Waals surface area contributed by atoms with Gasteiger partial charge >= 0.3 is 0 Å². The van der Waals surface area contributed by atoms with Gasteiger partial charge < -0.3 is 0 Å². The second-order valence-electron chi connectivity index (χ2n) is 4.33. The monoisotopic (exact) mass is 236 g/mol. The molecule has 0 saturated carbocycles. The summed E-state index contributed by atoms with van der Waals surface area (Å²) in [6, 6.07) is 4.00. The number of aryl methyl sites for hydroxylation is 1. The van der Waals surface area contributed by atoms with Gasteiger partial charge in [0.2, 0.25) is 0 Å². The third-order valence-electron chi connectivity index (χ3n) is 2.64. The van der Waals surface area contributed by atoms with Crippen molar-refractivity contribution in [2.45, 2.75) is 26.8 Å². The number of hydrogen-bond acceptors (Lipinski definition) is 1. The Hall–Kier alpha value is -1.71. The highest BCUT2D eigenvalue weighted by Crippen LogP contribution is 2.27. The Kier molecular flexibility index (Phi) is 2.96. The SMILES string of the molecule is Cc1cn(C(C)C)nc1-c1c(F)cccc1F. The molecular weight excluding hydrogens is 222 g/mol. The van der Waals surface area contributed by atoms with Gasteiger partial charge in [-0.05, 0) is 38.5 Å². The zero-order valence-electron chi connectivity index (χ0n) is 10.0. The normalized spacial score (nSPS) is 11.2. The summed E-state index contributed by atoms with van der Waals surface area (Å²) in [6.45, 7) is 5.73. The van der Waals surface area contributed by atoms with Gasteiger partial charge in [0.1, 0.15) is 17.3 Å². The molecule has 2 rings (SSSR count). The number of nitrogens with zero attached hydrogens (tertiary/aromatic N) is 2. The fraction of sp³-hybridized carbons (Fsp3) is 0.308. The lowest BCUT2D eigenvalue weighted by molar-refractivity contribution is 0.531. The quantitative estimate of drug-likeness (QED) is 0.777. The zero-order valence-corrected chi connectivity index (χ0v) is 10.0. The van der Waals surface area contributed by atoms with E-state index in [-0.39, 0.29) is 11.6 Å². The van der Waals surface area contributed by atoms with Gasteiger partial charge in [-0.3, -0.25) is 4.68 Å². The van der Waals surface area contributed by atoms with Crippen LogP contribution in [0.3, 0.4) is 0 Å². The molecular formula is C13H14F2N2. The third-order valence-corrected chi connectivity index (χ3v) is 2.64. The molecule has 1 aromatic carbocycles. The van der Waals surface area contributed by atoms with E-state index in [1.807, 2.05) is 13.8 Å². The predicted molar refractivity (Wildman–Crippen MR) is 62.7 cm³/mol. The smallest absolute Gasteiger partial charge is 0.135 e. The van der Waals surface area contributed by atoms with E-state index in [4.69, 9.17) is 0 Å². The minimum absolute atomic E-state index is 0.0515. The average molecular weight is 236 g/mol. The van der Waals surface area contributed by atoms with Gasteiger partial charge in [-0.15, -0.1) is 0 Å². The second kappa shape index (κ2) is 4.28. The summed E-state index contributed by atoms with van der Waals surface area (Å²) in [5.74, 6) is -1.16. The lowest BCUT2D eigenvalue weighted by Crippen LogP contribution is -2.01. The van der Waals surface area contributed by atoms with Gasteiger partial charge in [0.15, 0.2) is 0 Å². The highest BCUT2D eigenvalue weighted by atomic mass is 19.1. The Bertz CT molecular complexity index is 524. The molecule has 0 atom stereocenters. The fourth-order valence-electron chi connectivity index (χ4n) is 1.72. The third kappa shape index (κ3) is 2.07. The van der Waals surface area contributed by atoms with Crippen LogP contribution in [0.2, 0.25) is 0 Å². The molecule has 2 aromatic rings. The van der Waals surface area contributed by atoms with Crippen molar-refractivity contribution in [1.29, 1.82) is 0 Å². The van der Waals surface area contributed by atoms with Crippen LogP contribution in [-0.4, -0.2) is 9.78 Å². The highest BCUT2D eigenvalue weighted by Gasteiger charge is 2.17. The van der Waals surface area contributed by atoms with E-state index < -0.39 is 11.6 Å². The Morgan fingerprint density at radius 1 is 1.18 bits per heavy atom. The molecule has 0 aliphatic heterocycles. The van der Waals surface area contributed by atoms with Crippen LogP contribution in [0.25, 0.3) is 11.3 Å². The van der Waals surface area contributed by atoms with Gasteiger partial charge in [0, 0.05) is 12.2 Å². The topological polar surface area (TPSA) is 17.8 Å². The molecule has 0 amide bonds. The average Bonchev–Trinajstić information content (AvgIpc) is 2.61. The van der Waals surface area contributed by atoms with E-state index in [1.54, 1.807) is 17.8 Å². The number of aromatic nitrogens is 2. The van der Waals surface area contributed by atoms with Crippen molar-refractivity contribution in [3.63, 3.8) is 0 Å². The largest absolute Gasteiger partial charge is 0.269 e. The number of rotatable bonds is 2. The standard InChI is InChI=1S/C13H14F2N2/c1-8(2)17-7-9(3)13(16-17)12-10(14)5-4-6-11(12)15/h4-8H,1-3H3. The molecule has 1 heterocycles. The van der Waals surface area contributed by atoms with Gasteiger partial charge in [0.05, 0.1) is 5.56 Å². The van der Waals surface area contributed by atoms with E-state index in [2.05, 4.69) is 5.10 Å². The summed E-state index contributed by atoms with van der Waals surface area (Å²) in [4.78, 5) is 0. The Labute approximate surface area is 98.9 Å². The van der Waals surface area contributed by atoms with Crippen molar-refractivity contribution in [2.75, 3.05) is 0 Å². The maximum atomic E-state index is 13.6. The molecule has 0 saturated heterocycles. The van der Waals surface area contributed by atoms with E-state index in [0.29, 0.717) is 5.69 Å². The first kappa shape index (κ1) is 11.8. The molecule has 0 N–H and O–H groups in total. The summed E-state index contributed by atoms with van der Waals surface area (Å²) in [5, 5.41) is 4.24. The molecule has 0 fully saturated rings. The fourth-order valence-corrected chi connectivity index (χ4v) is 1.72. The molecule has 1 aromatic heterocycles. The molecule has 0 aliphatic carbocycles. The van der Waals surface area contributed by atoms with Crippen LogP contribution in [0.15, 0.2) is 24.4 Å². The van der Waals surface area contributed by atoms with Crippen molar-refractivity contribution in [2.24, 2.45) is 0 Å². The molecule has 4 heteroatoms. The van der Waals surface area contributed by atoms with E-state index in [1.165, 1.54) is 18.2 Å². The molecule has 17 heavy (non-hydrogen) atoms. The molecule has 90 valence electrons. The van der Waals surface area contributed by atoms with Crippen LogP contribution in [0.5, 0.6) is 0 Å². The van der Waals surface area contributed by atoms with Gasteiger partial charge in [-0.1, -0.05) is 6.07 Å². The van der Waals surface area contributed by atoms with Crippen LogP contribution in [-0.2, 0) is 0 Å². The van der Waals surface area contributed by atoms with Crippen molar-refractivity contribution in [1.82, 2.24) is 9.78 Å². The molecule has 0 unspecified atom stereocenters. The van der Waals surface area contributed by atoms with Crippen molar-refractivity contribution < 1.29 is 8.78 Å².